The van der Waals surface area contributed by atoms with Gasteiger partial charge in [-0.05, 0) is 70.9 Å². The van der Waals surface area contributed by atoms with E-state index in [-0.39, 0.29) is 17.7 Å². The van der Waals surface area contributed by atoms with Gasteiger partial charge in [-0.1, -0.05) is 42.5 Å². The number of amides is 2. The Morgan fingerprint density at radius 2 is 2.00 bits per heavy atom. The number of aryl methyl sites for hydroxylation is 1. The highest BCUT2D eigenvalue weighted by atomic mass is 79.9. The molecule has 3 rings (SSSR count). The summed E-state index contributed by atoms with van der Waals surface area (Å²) in [5.41, 5.74) is 2.74. The van der Waals surface area contributed by atoms with Crippen molar-refractivity contribution in [3.05, 3.63) is 75.1 Å². The standard InChI is InChI=1S/C23H22BrNO4S/c1-4-9-29-21-18(24)11-17(12-19(21)28-5-2)13-20-22(26)25(23(27)30-20)14-16-8-6-7-15(3)10-16/h4,6-8,10-13H,1,5,9,14H2,2-3H3/b20-13+. The molecule has 30 heavy (non-hydrogen) atoms. The number of ether oxygens (including phenoxy) is 2. The Morgan fingerprint density at radius 1 is 1.20 bits per heavy atom. The van der Waals surface area contributed by atoms with Crippen molar-refractivity contribution in [1.29, 1.82) is 0 Å². The summed E-state index contributed by atoms with van der Waals surface area (Å²) in [5, 5.41) is -0.275. The van der Waals surface area contributed by atoms with Crippen LogP contribution in [0, 0.1) is 6.92 Å². The summed E-state index contributed by atoms with van der Waals surface area (Å²) < 4.78 is 12.1. The third-order valence-corrected chi connectivity index (χ3v) is 5.77. The average molecular weight is 488 g/mol. The van der Waals surface area contributed by atoms with Crippen molar-refractivity contribution in [3.63, 3.8) is 0 Å². The SMILES string of the molecule is C=CCOc1c(Br)cc(/C=C2/SC(=O)N(Cc3cccc(C)c3)C2=O)cc1OCC. The van der Waals surface area contributed by atoms with Gasteiger partial charge in [-0.3, -0.25) is 14.5 Å². The number of nitrogens with zero attached hydrogens (tertiary/aromatic N) is 1. The first-order chi connectivity index (χ1) is 14.4. The van der Waals surface area contributed by atoms with Crippen LogP contribution < -0.4 is 9.47 Å². The summed E-state index contributed by atoms with van der Waals surface area (Å²) in [7, 11) is 0. The number of rotatable bonds is 8. The van der Waals surface area contributed by atoms with Crippen molar-refractivity contribution >= 4 is 44.9 Å². The highest BCUT2D eigenvalue weighted by molar-refractivity contribution is 9.10. The van der Waals surface area contributed by atoms with E-state index in [2.05, 4.69) is 22.5 Å². The molecule has 2 aromatic rings. The average Bonchev–Trinajstić information content (AvgIpc) is 2.95. The van der Waals surface area contributed by atoms with Crippen molar-refractivity contribution in [2.24, 2.45) is 0 Å². The number of hydrogen-bond acceptors (Lipinski definition) is 5. The maximum absolute atomic E-state index is 12.9. The lowest BCUT2D eigenvalue weighted by molar-refractivity contribution is -0.123. The molecular weight excluding hydrogens is 466 g/mol. The Hall–Kier alpha value is -2.51. The molecule has 1 aliphatic rings. The van der Waals surface area contributed by atoms with Gasteiger partial charge in [0.1, 0.15) is 6.61 Å². The summed E-state index contributed by atoms with van der Waals surface area (Å²) >= 11 is 4.44. The second-order valence-corrected chi connectivity index (χ2v) is 8.47. The Kier molecular flexibility index (Phi) is 7.39. The molecule has 156 valence electrons. The summed E-state index contributed by atoms with van der Waals surface area (Å²) in [6.07, 6.45) is 3.35. The van der Waals surface area contributed by atoms with Crippen molar-refractivity contribution in [1.82, 2.24) is 4.90 Å². The Labute approximate surface area is 188 Å². The summed E-state index contributed by atoms with van der Waals surface area (Å²) in [6, 6.07) is 11.4. The fourth-order valence-corrected chi connectivity index (χ4v) is 4.41. The molecule has 5 nitrogen and oxygen atoms in total. The lowest BCUT2D eigenvalue weighted by Gasteiger charge is -2.14. The molecule has 0 bridgehead atoms. The van der Waals surface area contributed by atoms with Gasteiger partial charge in [0.15, 0.2) is 11.5 Å². The Bertz CT molecular complexity index is 1020. The smallest absolute Gasteiger partial charge is 0.293 e. The van der Waals surface area contributed by atoms with Gasteiger partial charge in [0.25, 0.3) is 11.1 Å². The van der Waals surface area contributed by atoms with Crippen molar-refractivity contribution in [3.8, 4) is 11.5 Å². The van der Waals surface area contributed by atoms with Crippen LogP contribution in [0.3, 0.4) is 0 Å². The molecule has 0 aliphatic carbocycles. The number of halogens is 1. The molecule has 7 heteroatoms. The van der Waals surface area contributed by atoms with Crippen molar-refractivity contribution < 1.29 is 19.1 Å². The van der Waals surface area contributed by atoms with Crippen LogP contribution in [0.2, 0.25) is 0 Å². The molecule has 0 N–H and O–H groups in total. The molecule has 0 spiro atoms. The van der Waals surface area contributed by atoms with Crippen LogP contribution in [-0.4, -0.2) is 29.3 Å². The van der Waals surface area contributed by atoms with E-state index in [1.54, 1.807) is 18.2 Å². The molecule has 0 unspecified atom stereocenters. The fraction of sp³-hybridized carbons (Fsp3) is 0.217. The molecule has 1 heterocycles. The van der Waals surface area contributed by atoms with Crippen LogP contribution in [0.25, 0.3) is 6.08 Å². The van der Waals surface area contributed by atoms with Gasteiger partial charge < -0.3 is 9.47 Å². The lowest BCUT2D eigenvalue weighted by Crippen LogP contribution is -2.27. The molecule has 0 saturated carbocycles. The molecule has 1 saturated heterocycles. The maximum atomic E-state index is 12.9. The topological polar surface area (TPSA) is 55.8 Å². The van der Waals surface area contributed by atoms with Gasteiger partial charge in [0.2, 0.25) is 0 Å². The fourth-order valence-electron chi connectivity index (χ4n) is 3.00. The molecule has 1 aliphatic heterocycles. The van der Waals surface area contributed by atoms with E-state index in [0.29, 0.717) is 34.1 Å². The summed E-state index contributed by atoms with van der Waals surface area (Å²) in [4.78, 5) is 26.9. The number of carbonyl (C=O) groups excluding carboxylic acids is 2. The van der Waals surface area contributed by atoms with E-state index < -0.39 is 0 Å². The zero-order valence-corrected chi connectivity index (χ0v) is 19.2. The largest absolute Gasteiger partial charge is 0.490 e. The minimum Gasteiger partial charge on any atom is -0.490 e. The van der Waals surface area contributed by atoms with Crippen LogP contribution in [0.5, 0.6) is 11.5 Å². The molecule has 2 amide bonds. The van der Waals surface area contributed by atoms with Crippen LogP contribution in [0.4, 0.5) is 4.79 Å². The molecule has 2 aromatic carbocycles. The monoisotopic (exact) mass is 487 g/mol. The third-order valence-electron chi connectivity index (χ3n) is 4.27. The number of hydrogen-bond donors (Lipinski definition) is 0. The third kappa shape index (κ3) is 5.15. The van der Waals surface area contributed by atoms with E-state index >= 15 is 0 Å². The van der Waals surface area contributed by atoms with Gasteiger partial charge in [0.05, 0.1) is 22.5 Å². The zero-order chi connectivity index (χ0) is 21.7. The van der Waals surface area contributed by atoms with Gasteiger partial charge >= 0.3 is 0 Å². The summed E-state index contributed by atoms with van der Waals surface area (Å²) in [5.74, 6) is 0.827. The Morgan fingerprint density at radius 3 is 2.70 bits per heavy atom. The van der Waals surface area contributed by atoms with E-state index in [9.17, 15) is 9.59 Å². The molecule has 0 atom stereocenters. The first-order valence-corrected chi connectivity index (χ1v) is 11.0. The van der Waals surface area contributed by atoms with Crippen LogP contribution in [-0.2, 0) is 11.3 Å². The predicted molar refractivity (Wildman–Crippen MR) is 124 cm³/mol. The second-order valence-electron chi connectivity index (χ2n) is 6.62. The van der Waals surface area contributed by atoms with Crippen molar-refractivity contribution in [2.75, 3.05) is 13.2 Å². The van der Waals surface area contributed by atoms with Gasteiger partial charge in [0, 0.05) is 0 Å². The molecular formula is C23H22BrNO4S. The predicted octanol–water partition coefficient (Wildman–Crippen LogP) is 5.96. The van der Waals surface area contributed by atoms with E-state index in [1.165, 1.54) is 4.90 Å². The lowest BCUT2D eigenvalue weighted by atomic mass is 10.1. The normalized spacial score (nSPS) is 15.0. The molecule has 1 fully saturated rings. The van der Waals surface area contributed by atoms with Gasteiger partial charge in [-0.25, -0.2) is 0 Å². The van der Waals surface area contributed by atoms with E-state index in [4.69, 9.17) is 9.47 Å². The first kappa shape index (κ1) is 22.2. The van der Waals surface area contributed by atoms with E-state index in [0.717, 1.165) is 28.5 Å². The van der Waals surface area contributed by atoms with Crippen LogP contribution in [0.1, 0.15) is 23.6 Å². The highest BCUT2D eigenvalue weighted by Gasteiger charge is 2.35. The van der Waals surface area contributed by atoms with Gasteiger partial charge in [-0.2, -0.15) is 0 Å². The maximum Gasteiger partial charge on any atom is 0.293 e. The summed E-state index contributed by atoms with van der Waals surface area (Å²) in [6.45, 7) is 8.58. The number of benzene rings is 2. The van der Waals surface area contributed by atoms with Crippen molar-refractivity contribution in [2.45, 2.75) is 20.4 Å². The highest BCUT2D eigenvalue weighted by Crippen LogP contribution is 2.39. The zero-order valence-electron chi connectivity index (χ0n) is 16.8. The minimum atomic E-state index is -0.299. The Balaban J connectivity index is 1.86. The minimum absolute atomic E-state index is 0.256. The quantitative estimate of drug-likeness (QED) is 0.339. The number of carbonyl (C=O) groups is 2. The number of imide groups is 1. The molecule has 0 aromatic heterocycles. The van der Waals surface area contributed by atoms with Gasteiger partial charge in [-0.15, -0.1) is 0 Å². The first-order valence-electron chi connectivity index (χ1n) is 9.44. The van der Waals surface area contributed by atoms with Crippen LogP contribution >= 0.6 is 27.7 Å². The number of thioether (sulfide) groups is 1. The molecule has 0 radical (unpaired) electrons. The van der Waals surface area contributed by atoms with E-state index in [1.807, 2.05) is 44.2 Å². The van der Waals surface area contributed by atoms with Crippen LogP contribution in [0.15, 0.2) is 58.4 Å². The second kappa shape index (κ2) is 10.00.